The minimum absolute atomic E-state index is 0.394. The standard InChI is InChI=1S/C8H14N2O2S2/c1-14(11,12)8-7-13-6-5-10(8)4-2-3-9/h8H,2,4-7H2,1H3. The molecule has 0 aliphatic carbocycles. The zero-order chi connectivity index (χ0) is 10.6. The second kappa shape index (κ2) is 5.01. The van der Waals surface area contributed by atoms with Crippen LogP contribution in [-0.4, -0.2) is 49.5 Å². The lowest BCUT2D eigenvalue weighted by molar-refractivity contribution is 0.277. The summed E-state index contributed by atoms with van der Waals surface area (Å²) in [5.41, 5.74) is 0. The molecule has 0 amide bonds. The Hall–Kier alpha value is -0.250. The molecule has 0 aromatic heterocycles. The van der Waals surface area contributed by atoms with E-state index in [1.54, 1.807) is 11.8 Å². The van der Waals surface area contributed by atoms with E-state index in [9.17, 15) is 8.42 Å². The van der Waals surface area contributed by atoms with Gasteiger partial charge in [0.15, 0.2) is 9.84 Å². The Labute approximate surface area is 89.2 Å². The van der Waals surface area contributed by atoms with Crippen LogP contribution < -0.4 is 0 Å². The van der Waals surface area contributed by atoms with E-state index in [1.807, 2.05) is 11.0 Å². The summed E-state index contributed by atoms with van der Waals surface area (Å²) in [6, 6.07) is 2.04. The van der Waals surface area contributed by atoms with Crippen molar-refractivity contribution >= 4 is 21.6 Å². The van der Waals surface area contributed by atoms with Crippen molar-refractivity contribution in [3.63, 3.8) is 0 Å². The zero-order valence-corrected chi connectivity index (χ0v) is 9.77. The molecule has 0 spiro atoms. The fourth-order valence-corrected chi connectivity index (χ4v) is 4.43. The lowest BCUT2D eigenvalue weighted by Crippen LogP contribution is -2.47. The molecule has 1 heterocycles. The first-order chi connectivity index (χ1) is 6.55. The Balaban J connectivity index is 2.65. The molecule has 1 fully saturated rings. The highest BCUT2D eigenvalue weighted by Gasteiger charge is 2.30. The number of hydrogen-bond acceptors (Lipinski definition) is 5. The molecule has 1 aliphatic rings. The van der Waals surface area contributed by atoms with Gasteiger partial charge in [0.1, 0.15) is 5.37 Å². The smallest absolute Gasteiger partial charge is 0.164 e. The summed E-state index contributed by atoms with van der Waals surface area (Å²) < 4.78 is 22.8. The number of hydrogen-bond donors (Lipinski definition) is 0. The van der Waals surface area contributed by atoms with Crippen LogP contribution in [0.4, 0.5) is 0 Å². The topological polar surface area (TPSA) is 61.2 Å². The average Bonchev–Trinajstić information content (AvgIpc) is 2.14. The maximum Gasteiger partial charge on any atom is 0.164 e. The first kappa shape index (κ1) is 11.8. The van der Waals surface area contributed by atoms with Crippen LogP contribution in [0.1, 0.15) is 6.42 Å². The molecule has 1 unspecified atom stereocenters. The molecule has 0 bridgehead atoms. The maximum absolute atomic E-state index is 11.4. The third kappa shape index (κ3) is 3.15. The van der Waals surface area contributed by atoms with E-state index in [2.05, 4.69) is 0 Å². The lowest BCUT2D eigenvalue weighted by Gasteiger charge is -2.33. The van der Waals surface area contributed by atoms with Gasteiger partial charge in [0.25, 0.3) is 0 Å². The van der Waals surface area contributed by atoms with Gasteiger partial charge >= 0.3 is 0 Å². The number of sulfone groups is 1. The molecule has 0 aromatic carbocycles. The van der Waals surface area contributed by atoms with Crippen LogP contribution in [-0.2, 0) is 9.84 Å². The minimum Gasteiger partial charge on any atom is -0.285 e. The van der Waals surface area contributed by atoms with Crippen molar-refractivity contribution in [2.24, 2.45) is 0 Å². The molecule has 6 heteroatoms. The molecule has 4 nitrogen and oxygen atoms in total. The molecule has 0 aromatic rings. The van der Waals surface area contributed by atoms with Gasteiger partial charge in [-0.25, -0.2) is 8.42 Å². The summed E-state index contributed by atoms with van der Waals surface area (Å²) >= 11 is 1.66. The largest absolute Gasteiger partial charge is 0.285 e. The van der Waals surface area contributed by atoms with Gasteiger partial charge in [0.2, 0.25) is 0 Å². The number of nitriles is 1. The summed E-state index contributed by atoms with van der Waals surface area (Å²) in [4.78, 5) is 1.90. The van der Waals surface area contributed by atoms with Crippen LogP contribution in [0, 0.1) is 11.3 Å². The van der Waals surface area contributed by atoms with E-state index >= 15 is 0 Å². The molecular weight excluding hydrogens is 220 g/mol. The molecule has 0 saturated carbocycles. The average molecular weight is 234 g/mol. The zero-order valence-electron chi connectivity index (χ0n) is 8.14. The van der Waals surface area contributed by atoms with Crippen molar-refractivity contribution in [3.05, 3.63) is 0 Å². The molecule has 1 atom stereocenters. The van der Waals surface area contributed by atoms with Gasteiger partial charge in [-0.15, -0.1) is 0 Å². The van der Waals surface area contributed by atoms with Gasteiger partial charge in [-0.05, 0) is 0 Å². The van der Waals surface area contributed by atoms with E-state index in [-0.39, 0.29) is 0 Å². The maximum atomic E-state index is 11.4. The fourth-order valence-electron chi connectivity index (χ4n) is 1.46. The summed E-state index contributed by atoms with van der Waals surface area (Å²) in [5.74, 6) is 1.59. The van der Waals surface area contributed by atoms with E-state index in [1.165, 1.54) is 6.26 Å². The van der Waals surface area contributed by atoms with Crippen LogP contribution in [0.3, 0.4) is 0 Å². The van der Waals surface area contributed by atoms with Gasteiger partial charge in [0, 0.05) is 37.3 Å². The molecule has 80 valence electrons. The van der Waals surface area contributed by atoms with Crippen LogP contribution in [0.15, 0.2) is 0 Å². The first-order valence-corrected chi connectivity index (χ1v) is 7.54. The Morgan fingerprint density at radius 1 is 1.64 bits per heavy atom. The number of thioether (sulfide) groups is 1. The van der Waals surface area contributed by atoms with Crippen LogP contribution in [0.25, 0.3) is 0 Å². The fraction of sp³-hybridized carbons (Fsp3) is 0.875. The Kier molecular flexibility index (Phi) is 4.23. The highest BCUT2D eigenvalue weighted by molar-refractivity contribution is 8.00. The predicted molar refractivity (Wildman–Crippen MR) is 57.8 cm³/mol. The number of rotatable bonds is 3. The second-order valence-corrected chi connectivity index (χ2v) is 6.66. The Morgan fingerprint density at radius 3 is 2.93 bits per heavy atom. The van der Waals surface area contributed by atoms with Gasteiger partial charge in [0.05, 0.1) is 6.07 Å². The Morgan fingerprint density at radius 2 is 2.36 bits per heavy atom. The van der Waals surface area contributed by atoms with Crippen LogP contribution in [0.2, 0.25) is 0 Å². The van der Waals surface area contributed by atoms with Gasteiger partial charge in [-0.1, -0.05) is 0 Å². The monoisotopic (exact) mass is 234 g/mol. The van der Waals surface area contributed by atoms with Crippen molar-refractivity contribution in [1.29, 1.82) is 5.26 Å². The molecule has 0 radical (unpaired) electrons. The molecule has 14 heavy (non-hydrogen) atoms. The van der Waals surface area contributed by atoms with E-state index < -0.39 is 15.2 Å². The highest BCUT2D eigenvalue weighted by atomic mass is 32.2. The van der Waals surface area contributed by atoms with Gasteiger partial charge in [-0.3, -0.25) is 4.90 Å². The lowest BCUT2D eigenvalue weighted by atomic mass is 10.4. The van der Waals surface area contributed by atoms with Gasteiger partial charge in [-0.2, -0.15) is 17.0 Å². The second-order valence-electron chi connectivity index (χ2n) is 3.30. The van der Waals surface area contributed by atoms with Crippen molar-refractivity contribution in [3.8, 4) is 6.07 Å². The molecule has 1 rings (SSSR count). The normalized spacial score (nSPS) is 24.4. The summed E-state index contributed by atoms with van der Waals surface area (Å²) in [7, 11) is -3.01. The van der Waals surface area contributed by atoms with Gasteiger partial charge < -0.3 is 0 Å². The highest BCUT2D eigenvalue weighted by Crippen LogP contribution is 2.20. The summed E-state index contributed by atoms with van der Waals surface area (Å²) in [6.45, 7) is 1.33. The van der Waals surface area contributed by atoms with Crippen molar-refractivity contribution < 1.29 is 8.42 Å². The van der Waals surface area contributed by atoms with Crippen LogP contribution in [0.5, 0.6) is 0 Å². The third-order valence-electron chi connectivity index (χ3n) is 2.20. The quantitative estimate of drug-likeness (QED) is 0.704. The molecule has 1 aliphatic heterocycles. The third-order valence-corrected chi connectivity index (χ3v) is 4.88. The van der Waals surface area contributed by atoms with E-state index in [0.717, 1.165) is 12.3 Å². The molecular formula is C8H14N2O2S2. The van der Waals surface area contributed by atoms with Crippen molar-refractivity contribution in [1.82, 2.24) is 4.90 Å². The summed E-state index contributed by atoms with van der Waals surface area (Å²) in [5, 5.41) is 8.06. The van der Waals surface area contributed by atoms with Crippen LogP contribution >= 0.6 is 11.8 Å². The van der Waals surface area contributed by atoms with Crippen molar-refractivity contribution in [2.75, 3.05) is 30.9 Å². The Bertz CT molecular complexity index is 321. The van der Waals surface area contributed by atoms with E-state index in [0.29, 0.717) is 18.7 Å². The number of nitrogens with zero attached hydrogens (tertiary/aromatic N) is 2. The van der Waals surface area contributed by atoms with E-state index in [4.69, 9.17) is 5.26 Å². The minimum atomic E-state index is -3.01. The van der Waals surface area contributed by atoms with Crippen molar-refractivity contribution in [2.45, 2.75) is 11.8 Å². The predicted octanol–water partition coefficient (Wildman–Crippen LogP) is 0.320. The first-order valence-electron chi connectivity index (χ1n) is 4.43. The SMILES string of the molecule is CS(=O)(=O)C1CSCCN1CCC#N. The molecule has 1 saturated heterocycles. The summed E-state index contributed by atoms with van der Waals surface area (Å²) in [6.07, 6.45) is 1.67. The molecule has 0 N–H and O–H groups in total.